The van der Waals surface area contributed by atoms with Gasteiger partial charge in [-0.15, -0.1) is 0 Å². The maximum absolute atomic E-state index is 12.9. The predicted molar refractivity (Wildman–Crippen MR) is 131 cm³/mol. The molecule has 0 aliphatic carbocycles. The van der Waals surface area contributed by atoms with Crippen molar-refractivity contribution >= 4 is 34.4 Å². The van der Waals surface area contributed by atoms with E-state index in [-0.39, 0.29) is 18.4 Å². The van der Waals surface area contributed by atoms with E-state index in [0.29, 0.717) is 46.6 Å². The van der Waals surface area contributed by atoms with Gasteiger partial charge in [0, 0.05) is 29.9 Å². The Morgan fingerprint density at radius 1 is 1.11 bits per heavy atom. The van der Waals surface area contributed by atoms with Gasteiger partial charge >= 0.3 is 5.63 Å². The van der Waals surface area contributed by atoms with Gasteiger partial charge in [0.05, 0.1) is 11.9 Å². The smallest absolute Gasteiger partial charge is 0.339 e. The normalized spacial score (nSPS) is 14.4. The fourth-order valence-corrected chi connectivity index (χ4v) is 3.99. The predicted octanol–water partition coefficient (Wildman–Crippen LogP) is 2.70. The minimum atomic E-state index is -0.878. The van der Waals surface area contributed by atoms with Crippen LogP contribution in [0.3, 0.4) is 0 Å². The third-order valence-electron chi connectivity index (χ3n) is 6.03. The third kappa shape index (κ3) is 5.03. The van der Waals surface area contributed by atoms with Crippen LogP contribution in [0.15, 0.2) is 45.6 Å². The molecule has 0 radical (unpaired) electrons. The van der Waals surface area contributed by atoms with Crippen LogP contribution in [0.4, 0.5) is 5.69 Å². The number of piperazine rings is 1. The van der Waals surface area contributed by atoms with E-state index >= 15 is 0 Å². The van der Waals surface area contributed by atoms with E-state index in [9.17, 15) is 19.2 Å². The molecule has 1 atom stereocenters. The van der Waals surface area contributed by atoms with Crippen LogP contribution in [-0.4, -0.2) is 48.4 Å². The molecular weight excluding hydrogens is 450 g/mol. The number of fused-ring (bicyclic) bond motifs is 1. The van der Waals surface area contributed by atoms with Crippen molar-refractivity contribution in [2.45, 2.75) is 33.8 Å². The van der Waals surface area contributed by atoms with Gasteiger partial charge in [-0.1, -0.05) is 6.07 Å². The van der Waals surface area contributed by atoms with Gasteiger partial charge in [-0.25, -0.2) is 4.79 Å². The van der Waals surface area contributed by atoms with Crippen LogP contribution in [0.2, 0.25) is 0 Å². The lowest BCUT2D eigenvalue weighted by Crippen LogP contribution is -2.49. The van der Waals surface area contributed by atoms with Crippen LogP contribution in [0.5, 0.6) is 5.75 Å². The Balaban J connectivity index is 1.52. The molecule has 2 heterocycles. The van der Waals surface area contributed by atoms with Gasteiger partial charge in [0.1, 0.15) is 11.3 Å². The number of ether oxygens (including phenoxy) is 1. The van der Waals surface area contributed by atoms with Crippen LogP contribution in [0.1, 0.15) is 34.0 Å². The lowest BCUT2D eigenvalue weighted by Gasteiger charge is -2.26. The largest absolute Gasteiger partial charge is 0.480 e. The number of nitrogens with one attached hydrogen (secondary N) is 2. The number of hydrogen-bond donors (Lipinski definition) is 2. The summed E-state index contributed by atoms with van der Waals surface area (Å²) in [5, 5.41) is 6.11. The zero-order valence-electron chi connectivity index (χ0n) is 20.1. The van der Waals surface area contributed by atoms with Crippen molar-refractivity contribution in [1.82, 2.24) is 10.2 Å². The summed E-state index contributed by atoms with van der Waals surface area (Å²) in [6.07, 6.45) is -0.878. The van der Waals surface area contributed by atoms with Crippen molar-refractivity contribution in [3.8, 4) is 5.75 Å². The second-order valence-electron chi connectivity index (χ2n) is 8.68. The minimum absolute atomic E-state index is 0.00373. The van der Waals surface area contributed by atoms with Crippen LogP contribution in [0.25, 0.3) is 11.0 Å². The maximum atomic E-state index is 12.9. The molecule has 4 rings (SSSR count). The Labute approximate surface area is 202 Å². The SMILES string of the molecule is Cc1cc(OC(C)C(=O)Nc2cccc(C(=O)N3CCNC(=O)C3)c2)c2c(C)c(C)c(=O)oc2c1. The van der Waals surface area contributed by atoms with Gasteiger partial charge in [0.15, 0.2) is 6.10 Å². The second kappa shape index (κ2) is 9.61. The molecule has 1 aliphatic rings. The molecule has 0 spiro atoms. The van der Waals surface area contributed by atoms with Crippen molar-refractivity contribution < 1.29 is 23.5 Å². The fraction of sp³-hybridized carbons (Fsp3) is 0.308. The molecule has 35 heavy (non-hydrogen) atoms. The first kappa shape index (κ1) is 24.0. The number of carbonyl (C=O) groups is 3. The molecule has 2 aromatic carbocycles. The summed E-state index contributed by atoms with van der Waals surface area (Å²) < 4.78 is 11.4. The van der Waals surface area contributed by atoms with Crippen LogP contribution in [-0.2, 0) is 9.59 Å². The highest BCUT2D eigenvalue weighted by atomic mass is 16.5. The fourth-order valence-electron chi connectivity index (χ4n) is 3.99. The number of benzene rings is 2. The van der Waals surface area contributed by atoms with Gasteiger partial charge in [-0.3, -0.25) is 14.4 Å². The van der Waals surface area contributed by atoms with E-state index in [2.05, 4.69) is 10.6 Å². The van der Waals surface area contributed by atoms with E-state index in [1.165, 1.54) is 4.90 Å². The molecule has 9 nitrogen and oxygen atoms in total. The Hall–Kier alpha value is -4.14. The highest BCUT2D eigenvalue weighted by Gasteiger charge is 2.23. The molecule has 0 saturated carbocycles. The summed E-state index contributed by atoms with van der Waals surface area (Å²) in [5.41, 5.74) is 2.84. The van der Waals surface area contributed by atoms with Crippen LogP contribution < -0.4 is 21.0 Å². The summed E-state index contributed by atoms with van der Waals surface area (Å²) in [6, 6.07) is 10.1. The molecule has 1 aliphatic heterocycles. The topological polar surface area (TPSA) is 118 Å². The number of amides is 3. The molecule has 1 fully saturated rings. The molecule has 1 saturated heterocycles. The molecule has 0 bridgehead atoms. The number of aryl methyl sites for hydroxylation is 2. The molecule has 3 amide bonds. The van der Waals surface area contributed by atoms with Crippen LogP contribution >= 0.6 is 0 Å². The number of nitrogens with zero attached hydrogens (tertiary/aromatic N) is 1. The third-order valence-corrected chi connectivity index (χ3v) is 6.03. The monoisotopic (exact) mass is 477 g/mol. The van der Waals surface area contributed by atoms with Gasteiger partial charge in [0.2, 0.25) is 5.91 Å². The van der Waals surface area contributed by atoms with E-state index in [4.69, 9.17) is 9.15 Å². The van der Waals surface area contributed by atoms with Gasteiger partial charge in [0.25, 0.3) is 11.8 Å². The maximum Gasteiger partial charge on any atom is 0.339 e. The average Bonchev–Trinajstić information content (AvgIpc) is 2.81. The zero-order chi connectivity index (χ0) is 25.3. The number of anilines is 1. The standard InChI is InChI=1S/C26H27N3O6/c1-14-10-20(23-15(2)16(3)26(33)35-21(23)11-14)34-17(4)24(31)28-19-7-5-6-18(12-19)25(32)29-9-8-27-22(30)13-29/h5-7,10-12,17H,8-9,13H2,1-4H3,(H,27,30)(H,28,31). The average molecular weight is 478 g/mol. The molecular formula is C26H27N3O6. The van der Waals surface area contributed by atoms with Gasteiger partial charge in [-0.05, 0) is 69.2 Å². The lowest BCUT2D eigenvalue weighted by atomic mass is 10.0. The van der Waals surface area contributed by atoms with E-state index in [1.807, 2.05) is 13.8 Å². The summed E-state index contributed by atoms with van der Waals surface area (Å²) in [6.45, 7) is 7.80. The molecule has 1 aromatic heterocycles. The summed E-state index contributed by atoms with van der Waals surface area (Å²) >= 11 is 0. The Morgan fingerprint density at radius 3 is 2.63 bits per heavy atom. The van der Waals surface area contributed by atoms with Gasteiger partial charge < -0.3 is 24.7 Å². The highest BCUT2D eigenvalue weighted by molar-refractivity contribution is 6.00. The van der Waals surface area contributed by atoms with Crippen molar-refractivity contribution in [3.05, 3.63) is 69.1 Å². The Kier molecular flexibility index (Phi) is 6.59. The second-order valence-corrected chi connectivity index (χ2v) is 8.68. The zero-order valence-corrected chi connectivity index (χ0v) is 20.1. The van der Waals surface area contributed by atoms with Crippen molar-refractivity contribution in [3.63, 3.8) is 0 Å². The summed E-state index contributed by atoms with van der Waals surface area (Å²) in [7, 11) is 0. The van der Waals surface area contributed by atoms with Crippen LogP contribution in [0, 0.1) is 20.8 Å². The van der Waals surface area contributed by atoms with Crippen molar-refractivity contribution in [1.29, 1.82) is 0 Å². The number of carbonyl (C=O) groups excluding carboxylic acids is 3. The highest BCUT2D eigenvalue weighted by Crippen LogP contribution is 2.31. The quantitative estimate of drug-likeness (QED) is 0.546. The van der Waals surface area contributed by atoms with E-state index < -0.39 is 17.6 Å². The Bertz CT molecular complexity index is 1390. The molecule has 9 heteroatoms. The Morgan fingerprint density at radius 2 is 1.89 bits per heavy atom. The van der Waals surface area contributed by atoms with Crippen molar-refractivity contribution in [2.75, 3.05) is 25.0 Å². The molecule has 3 aromatic rings. The molecule has 182 valence electrons. The summed E-state index contributed by atoms with van der Waals surface area (Å²) in [4.78, 5) is 50.8. The van der Waals surface area contributed by atoms with E-state index in [1.54, 1.807) is 50.2 Å². The first-order chi connectivity index (χ1) is 16.6. The first-order valence-corrected chi connectivity index (χ1v) is 11.3. The minimum Gasteiger partial charge on any atom is -0.480 e. The van der Waals surface area contributed by atoms with E-state index in [0.717, 1.165) is 11.1 Å². The van der Waals surface area contributed by atoms with Gasteiger partial charge in [-0.2, -0.15) is 0 Å². The number of hydrogen-bond acceptors (Lipinski definition) is 6. The molecule has 1 unspecified atom stereocenters. The number of rotatable bonds is 5. The summed E-state index contributed by atoms with van der Waals surface area (Å²) in [5.74, 6) is -0.445. The first-order valence-electron chi connectivity index (χ1n) is 11.3. The van der Waals surface area contributed by atoms with Crippen molar-refractivity contribution in [2.24, 2.45) is 0 Å². The molecule has 2 N–H and O–H groups in total. The lowest BCUT2D eigenvalue weighted by molar-refractivity contribution is -0.123.